The predicted molar refractivity (Wildman–Crippen MR) is 90.2 cm³/mol. The first kappa shape index (κ1) is 18.0. The fraction of sp³-hybridized carbons (Fsp3) is 1.00. The molecule has 0 bridgehead atoms. The summed E-state index contributed by atoms with van der Waals surface area (Å²) in [5.74, 6) is 1.85. The Morgan fingerprint density at radius 1 is 1.05 bits per heavy atom. The van der Waals surface area contributed by atoms with Gasteiger partial charge in [-0.3, -0.25) is 0 Å². The van der Waals surface area contributed by atoms with E-state index in [9.17, 15) is 0 Å². The van der Waals surface area contributed by atoms with Gasteiger partial charge in [-0.15, -0.1) is 0 Å². The first-order valence-electron chi connectivity index (χ1n) is 8.82. The molecule has 1 rings (SSSR count). The van der Waals surface area contributed by atoms with Crippen LogP contribution < -0.4 is 5.32 Å². The van der Waals surface area contributed by atoms with E-state index >= 15 is 0 Å². The Morgan fingerprint density at radius 2 is 1.60 bits per heavy atom. The average Bonchev–Trinajstić information content (AvgIpc) is 2.42. The van der Waals surface area contributed by atoms with Gasteiger partial charge in [-0.25, -0.2) is 0 Å². The van der Waals surface area contributed by atoms with E-state index in [1.165, 1.54) is 51.9 Å². The van der Waals surface area contributed by atoms with Gasteiger partial charge in [-0.1, -0.05) is 34.6 Å². The van der Waals surface area contributed by atoms with Crippen LogP contribution >= 0.6 is 0 Å². The fourth-order valence-electron chi connectivity index (χ4n) is 3.53. The monoisotopic (exact) mass is 282 g/mol. The van der Waals surface area contributed by atoms with E-state index in [0.717, 1.165) is 11.8 Å². The van der Waals surface area contributed by atoms with Crippen molar-refractivity contribution in [1.82, 2.24) is 10.2 Å². The van der Waals surface area contributed by atoms with Crippen molar-refractivity contribution in [3.05, 3.63) is 0 Å². The lowest BCUT2D eigenvalue weighted by Gasteiger charge is -2.37. The largest absolute Gasteiger partial charge is 0.313 e. The number of hydrogen-bond acceptors (Lipinski definition) is 2. The van der Waals surface area contributed by atoms with Gasteiger partial charge in [0, 0.05) is 12.6 Å². The van der Waals surface area contributed by atoms with Crippen LogP contribution in [-0.2, 0) is 0 Å². The van der Waals surface area contributed by atoms with Gasteiger partial charge < -0.3 is 10.2 Å². The molecule has 0 heterocycles. The lowest BCUT2D eigenvalue weighted by atomic mass is 9.70. The topological polar surface area (TPSA) is 15.3 Å². The van der Waals surface area contributed by atoms with E-state index in [2.05, 4.69) is 51.8 Å². The standard InChI is InChI=1S/C18H38N2/c1-7-20(8-2)14-15(3)19-13-16-9-11-17(12-10-16)18(4,5)6/h15-17,19H,7-14H2,1-6H3. The second kappa shape index (κ2) is 8.38. The Kier molecular flexibility index (Phi) is 7.53. The maximum Gasteiger partial charge on any atom is 0.0166 e. The molecule has 0 aliphatic heterocycles. The summed E-state index contributed by atoms with van der Waals surface area (Å²) < 4.78 is 0. The molecule has 1 unspecified atom stereocenters. The smallest absolute Gasteiger partial charge is 0.0166 e. The molecule has 0 aromatic heterocycles. The highest BCUT2D eigenvalue weighted by Gasteiger charge is 2.29. The molecule has 1 N–H and O–H groups in total. The molecule has 1 aliphatic rings. The molecular formula is C18H38N2. The molecule has 0 spiro atoms. The summed E-state index contributed by atoms with van der Waals surface area (Å²) in [5, 5.41) is 3.76. The minimum atomic E-state index is 0.508. The SMILES string of the molecule is CCN(CC)CC(C)NCC1CCC(C(C)(C)C)CC1. The van der Waals surface area contributed by atoms with Crippen LogP contribution in [0.1, 0.15) is 67.2 Å². The number of likely N-dealkylation sites (N-methyl/N-ethyl adjacent to an activating group) is 1. The first-order chi connectivity index (χ1) is 9.36. The predicted octanol–water partition coefficient (Wildman–Crippen LogP) is 4.16. The quantitative estimate of drug-likeness (QED) is 0.754. The van der Waals surface area contributed by atoms with Crippen LogP contribution in [0, 0.1) is 17.3 Å². The Morgan fingerprint density at radius 3 is 2.05 bits per heavy atom. The third-order valence-corrected chi connectivity index (χ3v) is 5.25. The van der Waals surface area contributed by atoms with E-state index in [4.69, 9.17) is 0 Å². The van der Waals surface area contributed by atoms with Gasteiger partial charge in [0.15, 0.2) is 0 Å². The van der Waals surface area contributed by atoms with Crippen molar-refractivity contribution in [3.63, 3.8) is 0 Å². The second-order valence-corrected chi connectivity index (χ2v) is 7.88. The van der Waals surface area contributed by atoms with Crippen molar-refractivity contribution in [2.24, 2.45) is 17.3 Å². The van der Waals surface area contributed by atoms with Crippen molar-refractivity contribution in [2.75, 3.05) is 26.2 Å². The van der Waals surface area contributed by atoms with Crippen LogP contribution in [-0.4, -0.2) is 37.1 Å². The Bertz CT molecular complexity index is 245. The summed E-state index contributed by atoms with van der Waals surface area (Å²) in [6.45, 7) is 18.8. The van der Waals surface area contributed by atoms with E-state index in [-0.39, 0.29) is 0 Å². The van der Waals surface area contributed by atoms with Crippen molar-refractivity contribution in [3.8, 4) is 0 Å². The summed E-state index contributed by atoms with van der Waals surface area (Å²) >= 11 is 0. The van der Waals surface area contributed by atoms with Crippen LogP contribution in [0.2, 0.25) is 0 Å². The average molecular weight is 283 g/mol. The van der Waals surface area contributed by atoms with Crippen molar-refractivity contribution >= 4 is 0 Å². The Hall–Kier alpha value is -0.0800. The van der Waals surface area contributed by atoms with Gasteiger partial charge in [0.1, 0.15) is 0 Å². The molecule has 20 heavy (non-hydrogen) atoms. The van der Waals surface area contributed by atoms with Gasteiger partial charge >= 0.3 is 0 Å². The van der Waals surface area contributed by atoms with Gasteiger partial charge in [-0.2, -0.15) is 0 Å². The molecule has 120 valence electrons. The highest BCUT2D eigenvalue weighted by Crippen LogP contribution is 2.39. The van der Waals surface area contributed by atoms with Crippen LogP contribution in [0.4, 0.5) is 0 Å². The lowest BCUT2D eigenvalue weighted by Crippen LogP contribution is -2.41. The fourth-order valence-corrected chi connectivity index (χ4v) is 3.53. The Balaban J connectivity index is 2.21. The summed E-state index contributed by atoms with van der Waals surface area (Å²) in [5.41, 5.74) is 0.508. The van der Waals surface area contributed by atoms with Crippen LogP contribution in [0.3, 0.4) is 0 Å². The van der Waals surface area contributed by atoms with E-state index in [0.29, 0.717) is 11.5 Å². The van der Waals surface area contributed by atoms with E-state index < -0.39 is 0 Å². The van der Waals surface area contributed by atoms with Crippen molar-refractivity contribution < 1.29 is 0 Å². The molecule has 2 heteroatoms. The summed E-state index contributed by atoms with van der Waals surface area (Å²) in [6, 6.07) is 0.621. The molecule has 0 aromatic rings. The molecule has 0 saturated heterocycles. The zero-order chi connectivity index (χ0) is 15.2. The summed E-state index contributed by atoms with van der Waals surface area (Å²) in [7, 11) is 0. The van der Waals surface area contributed by atoms with Crippen molar-refractivity contribution in [1.29, 1.82) is 0 Å². The maximum atomic E-state index is 3.76. The number of rotatable bonds is 7. The zero-order valence-corrected chi connectivity index (χ0v) is 14.8. The minimum Gasteiger partial charge on any atom is -0.313 e. The second-order valence-electron chi connectivity index (χ2n) is 7.88. The van der Waals surface area contributed by atoms with Gasteiger partial charge in [-0.05, 0) is 69.5 Å². The first-order valence-corrected chi connectivity index (χ1v) is 8.82. The molecular weight excluding hydrogens is 244 g/mol. The van der Waals surface area contributed by atoms with E-state index in [1.54, 1.807) is 0 Å². The summed E-state index contributed by atoms with van der Waals surface area (Å²) in [6.07, 6.45) is 5.71. The number of nitrogens with zero attached hydrogens (tertiary/aromatic N) is 1. The number of nitrogens with one attached hydrogen (secondary N) is 1. The highest BCUT2D eigenvalue weighted by molar-refractivity contribution is 4.81. The molecule has 1 aliphatic carbocycles. The zero-order valence-electron chi connectivity index (χ0n) is 14.8. The van der Waals surface area contributed by atoms with Crippen molar-refractivity contribution in [2.45, 2.75) is 73.3 Å². The van der Waals surface area contributed by atoms with Gasteiger partial charge in [0.05, 0.1) is 0 Å². The van der Waals surface area contributed by atoms with Gasteiger partial charge in [0.2, 0.25) is 0 Å². The summed E-state index contributed by atoms with van der Waals surface area (Å²) in [4.78, 5) is 2.51. The highest BCUT2D eigenvalue weighted by atomic mass is 15.1. The normalized spacial score (nSPS) is 25.9. The third-order valence-electron chi connectivity index (χ3n) is 5.25. The van der Waals surface area contributed by atoms with Gasteiger partial charge in [0.25, 0.3) is 0 Å². The molecule has 2 nitrogen and oxygen atoms in total. The third kappa shape index (κ3) is 6.13. The Labute approximate surface area is 127 Å². The number of hydrogen-bond donors (Lipinski definition) is 1. The molecule has 0 amide bonds. The van der Waals surface area contributed by atoms with Crippen LogP contribution in [0.15, 0.2) is 0 Å². The lowest BCUT2D eigenvalue weighted by molar-refractivity contribution is 0.146. The molecule has 0 radical (unpaired) electrons. The van der Waals surface area contributed by atoms with Crippen LogP contribution in [0.25, 0.3) is 0 Å². The maximum absolute atomic E-state index is 3.76. The molecule has 1 fully saturated rings. The minimum absolute atomic E-state index is 0.508. The molecule has 0 aromatic carbocycles. The molecule has 1 saturated carbocycles. The van der Waals surface area contributed by atoms with Crippen LogP contribution in [0.5, 0.6) is 0 Å². The van der Waals surface area contributed by atoms with E-state index in [1.807, 2.05) is 0 Å². The molecule has 1 atom stereocenters.